The molecule has 0 heterocycles. The molecule has 7 nitrogen and oxygen atoms in total. The van der Waals surface area contributed by atoms with Gasteiger partial charge in [-0.15, -0.1) is 13.2 Å². The zero-order chi connectivity index (χ0) is 21.5. The molecule has 2 aromatic rings. The average Bonchev–Trinajstić information content (AvgIpc) is 2.47. The van der Waals surface area contributed by atoms with Crippen LogP contribution in [0.5, 0.6) is 11.5 Å². The highest BCUT2D eigenvalue weighted by Gasteiger charge is 2.32. The lowest BCUT2D eigenvalue weighted by Crippen LogP contribution is -2.18. The van der Waals surface area contributed by atoms with Crippen molar-refractivity contribution in [3.63, 3.8) is 0 Å². The lowest BCUT2D eigenvalue weighted by molar-refractivity contribution is -0.274. The predicted octanol–water partition coefficient (Wildman–Crippen LogP) is 3.91. The average molecular weight is 525 g/mol. The van der Waals surface area contributed by atoms with Gasteiger partial charge in [-0.2, -0.15) is 0 Å². The number of alkyl halides is 3. The summed E-state index contributed by atoms with van der Waals surface area (Å²) in [5.41, 5.74) is -0.544. The van der Waals surface area contributed by atoms with E-state index in [0.29, 0.717) is 12.1 Å². The molecule has 0 aliphatic carbocycles. The first-order chi connectivity index (χ1) is 12.6. The van der Waals surface area contributed by atoms with Crippen molar-refractivity contribution >= 4 is 53.1 Å². The van der Waals surface area contributed by atoms with E-state index in [9.17, 15) is 35.1 Å². The second-order valence-electron chi connectivity index (χ2n) is 5.35. The third-order valence-electron chi connectivity index (χ3n) is 3.08. The molecule has 0 aliphatic rings. The van der Waals surface area contributed by atoms with Crippen LogP contribution in [0.4, 0.5) is 18.9 Å². The summed E-state index contributed by atoms with van der Waals surface area (Å²) in [5.74, 6) is -1.76. The van der Waals surface area contributed by atoms with E-state index in [1.807, 2.05) is 4.72 Å². The van der Waals surface area contributed by atoms with E-state index in [1.165, 1.54) is 6.07 Å². The minimum absolute atomic E-state index is 0.196. The largest absolute Gasteiger partial charge is 0.573 e. The van der Waals surface area contributed by atoms with Crippen molar-refractivity contribution in [1.82, 2.24) is 0 Å². The fraction of sp³-hybridized carbons (Fsp3) is 0.143. The van der Waals surface area contributed by atoms with Gasteiger partial charge in [-0.05, 0) is 24.3 Å². The minimum Gasteiger partial charge on any atom is -0.505 e. The lowest BCUT2D eigenvalue weighted by atomic mass is 10.3. The summed E-state index contributed by atoms with van der Waals surface area (Å²) in [6, 6.07) is 4.24. The number of nitrogens with one attached hydrogen (secondary N) is 1. The number of phenolic OH excluding ortho intramolecular Hbond substituents is 1. The van der Waals surface area contributed by atoms with Crippen LogP contribution in [0.2, 0.25) is 5.02 Å². The van der Waals surface area contributed by atoms with Crippen LogP contribution in [-0.4, -0.2) is 34.6 Å². The van der Waals surface area contributed by atoms with Crippen molar-refractivity contribution in [1.29, 1.82) is 0 Å². The quantitative estimate of drug-likeness (QED) is 0.614. The standard InChI is InChI=1S/C14H10BrClF3NO6S2/c1-27(22,23)10-5-8(4-9(6-10)26-14(17,18)19)20-28(24,25)12-3-7(15)2-11(16)13(12)21/h2-6,20-21H,1H3. The van der Waals surface area contributed by atoms with Gasteiger partial charge in [0.2, 0.25) is 0 Å². The Hall–Kier alpha value is -1.70. The SMILES string of the molecule is CS(=O)(=O)c1cc(NS(=O)(=O)c2cc(Br)cc(Cl)c2O)cc(OC(F)(F)F)c1. The van der Waals surface area contributed by atoms with Crippen molar-refractivity contribution in [3.05, 3.63) is 39.8 Å². The van der Waals surface area contributed by atoms with E-state index in [4.69, 9.17) is 11.6 Å². The summed E-state index contributed by atoms with van der Waals surface area (Å²) in [4.78, 5) is -1.31. The van der Waals surface area contributed by atoms with Crippen molar-refractivity contribution < 1.29 is 39.9 Å². The number of anilines is 1. The maximum atomic E-state index is 12.5. The molecule has 0 radical (unpaired) electrons. The summed E-state index contributed by atoms with van der Waals surface area (Å²) in [7, 11) is -8.56. The first-order valence-corrected chi connectivity index (χ1v) is 11.4. The molecule has 2 N–H and O–H groups in total. The van der Waals surface area contributed by atoms with Gasteiger partial charge in [-0.25, -0.2) is 16.8 Å². The molecule has 28 heavy (non-hydrogen) atoms. The number of rotatable bonds is 5. The van der Waals surface area contributed by atoms with Crippen molar-refractivity contribution in [2.75, 3.05) is 11.0 Å². The Morgan fingerprint density at radius 3 is 2.25 bits per heavy atom. The maximum absolute atomic E-state index is 12.5. The Balaban J connectivity index is 2.57. The van der Waals surface area contributed by atoms with E-state index in [2.05, 4.69) is 20.7 Å². The van der Waals surface area contributed by atoms with Crippen LogP contribution in [-0.2, 0) is 19.9 Å². The molecule has 0 aliphatic heterocycles. The number of hydrogen-bond acceptors (Lipinski definition) is 6. The molecule has 2 aromatic carbocycles. The van der Waals surface area contributed by atoms with Crippen LogP contribution in [0, 0.1) is 0 Å². The Labute approximate surface area is 171 Å². The number of phenols is 1. The molecule has 14 heteroatoms. The second-order valence-corrected chi connectivity index (χ2v) is 10.3. The highest BCUT2D eigenvalue weighted by Crippen LogP contribution is 2.36. The van der Waals surface area contributed by atoms with Gasteiger partial charge in [0.1, 0.15) is 10.6 Å². The van der Waals surface area contributed by atoms with E-state index in [-0.39, 0.29) is 9.50 Å². The Morgan fingerprint density at radius 1 is 1.11 bits per heavy atom. The molecular weight excluding hydrogens is 515 g/mol. The van der Waals surface area contributed by atoms with E-state index in [1.54, 1.807) is 0 Å². The number of halogens is 5. The van der Waals surface area contributed by atoms with Gasteiger partial charge in [-0.1, -0.05) is 27.5 Å². The van der Waals surface area contributed by atoms with Crippen LogP contribution in [0.25, 0.3) is 0 Å². The molecule has 0 saturated heterocycles. The van der Waals surface area contributed by atoms with E-state index < -0.39 is 53.2 Å². The number of benzene rings is 2. The van der Waals surface area contributed by atoms with Gasteiger partial charge in [0.05, 0.1) is 15.6 Å². The van der Waals surface area contributed by atoms with Crippen molar-refractivity contribution in [3.8, 4) is 11.5 Å². The first-order valence-electron chi connectivity index (χ1n) is 6.90. The van der Waals surface area contributed by atoms with Gasteiger partial charge >= 0.3 is 6.36 Å². The fourth-order valence-electron chi connectivity index (χ4n) is 1.99. The first kappa shape index (κ1) is 22.6. The van der Waals surface area contributed by atoms with Gasteiger partial charge in [-0.3, -0.25) is 4.72 Å². The van der Waals surface area contributed by atoms with Crippen molar-refractivity contribution in [2.24, 2.45) is 0 Å². The molecule has 0 amide bonds. The van der Waals surface area contributed by atoms with Gasteiger partial charge in [0.15, 0.2) is 15.6 Å². The molecule has 0 saturated carbocycles. The van der Waals surface area contributed by atoms with Gasteiger partial charge in [0.25, 0.3) is 10.0 Å². The number of hydrogen-bond donors (Lipinski definition) is 2. The zero-order valence-electron chi connectivity index (χ0n) is 13.6. The Kier molecular flexibility index (Phi) is 6.14. The highest BCUT2D eigenvalue weighted by molar-refractivity contribution is 9.10. The molecule has 0 unspecified atom stereocenters. The summed E-state index contributed by atoms with van der Waals surface area (Å²) in [6.07, 6.45) is -4.42. The van der Waals surface area contributed by atoms with Crippen LogP contribution in [0.15, 0.2) is 44.6 Å². The second kappa shape index (κ2) is 7.61. The normalized spacial score (nSPS) is 12.6. The summed E-state index contributed by atoms with van der Waals surface area (Å²) >= 11 is 8.71. The van der Waals surface area contributed by atoms with Crippen LogP contribution < -0.4 is 9.46 Å². The summed E-state index contributed by atoms with van der Waals surface area (Å²) < 4.78 is 91.7. The molecule has 0 aromatic heterocycles. The predicted molar refractivity (Wildman–Crippen MR) is 97.9 cm³/mol. The van der Waals surface area contributed by atoms with Gasteiger partial charge in [0, 0.05) is 16.8 Å². The summed E-state index contributed by atoms with van der Waals surface area (Å²) in [6.45, 7) is 0. The number of sulfonamides is 1. The third kappa shape index (κ3) is 5.65. The van der Waals surface area contributed by atoms with Crippen molar-refractivity contribution in [2.45, 2.75) is 16.2 Å². The maximum Gasteiger partial charge on any atom is 0.573 e. The topological polar surface area (TPSA) is 110 Å². The number of ether oxygens (including phenoxy) is 1. The fourth-order valence-corrected chi connectivity index (χ4v) is 4.87. The van der Waals surface area contributed by atoms with Crippen LogP contribution in [0.1, 0.15) is 0 Å². The lowest BCUT2D eigenvalue weighted by Gasteiger charge is -2.14. The van der Waals surface area contributed by atoms with Gasteiger partial charge < -0.3 is 9.84 Å². The van der Waals surface area contributed by atoms with Crippen LogP contribution in [0.3, 0.4) is 0 Å². The molecule has 2 rings (SSSR count). The van der Waals surface area contributed by atoms with E-state index in [0.717, 1.165) is 18.4 Å². The smallest absolute Gasteiger partial charge is 0.505 e. The molecule has 0 atom stereocenters. The Morgan fingerprint density at radius 2 is 1.71 bits per heavy atom. The zero-order valence-corrected chi connectivity index (χ0v) is 17.6. The molecule has 0 fully saturated rings. The third-order valence-corrected chi connectivity index (χ3v) is 6.31. The summed E-state index contributed by atoms with van der Waals surface area (Å²) in [5, 5.41) is 9.58. The molecule has 154 valence electrons. The Bertz CT molecular complexity index is 1140. The number of aromatic hydroxyl groups is 1. The molecule has 0 spiro atoms. The molecular formula is C14H10BrClF3NO6S2. The monoisotopic (exact) mass is 523 g/mol. The van der Waals surface area contributed by atoms with E-state index >= 15 is 0 Å². The molecule has 0 bridgehead atoms. The highest BCUT2D eigenvalue weighted by atomic mass is 79.9. The number of sulfone groups is 1. The minimum atomic E-state index is -5.14. The van der Waals surface area contributed by atoms with Crippen LogP contribution >= 0.6 is 27.5 Å².